The van der Waals surface area contributed by atoms with E-state index in [1.54, 1.807) is 11.9 Å². The maximum absolute atomic E-state index is 12.1. The second kappa shape index (κ2) is 6.11. The molecule has 0 aromatic carbocycles. The van der Waals surface area contributed by atoms with Crippen molar-refractivity contribution in [2.45, 2.75) is 31.7 Å². The molecule has 2 fully saturated rings. The first kappa shape index (κ1) is 14.6. The highest BCUT2D eigenvalue weighted by atomic mass is 16.4. The molecule has 7 heteroatoms. The molecule has 0 spiro atoms. The van der Waals surface area contributed by atoms with Crippen molar-refractivity contribution in [3.05, 3.63) is 0 Å². The number of carboxylic acid groups (broad SMARTS) is 1. The third-order valence-electron chi connectivity index (χ3n) is 4.07. The van der Waals surface area contributed by atoms with Crippen molar-refractivity contribution in [2.75, 3.05) is 26.7 Å². The van der Waals surface area contributed by atoms with E-state index in [1.165, 1.54) is 4.90 Å². The van der Waals surface area contributed by atoms with E-state index < -0.39 is 5.97 Å². The minimum atomic E-state index is -0.798. The predicted octanol–water partition coefficient (Wildman–Crippen LogP) is 0.113. The van der Waals surface area contributed by atoms with Crippen LogP contribution in [0.1, 0.15) is 25.7 Å². The van der Waals surface area contributed by atoms with Gasteiger partial charge in [0.25, 0.3) is 0 Å². The highest BCUT2D eigenvalue weighted by Gasteiger charge is 2.32. The van der Waals surface area contributed by atoms with E-state index in [9.17, 15) is 14.4 Å². The molecule has 2 aliphatic rings. The number of carbonyl (C=O) groups excluding carboxylic acids is 2. The van der Waals surface area contributed by atoms with Gasteiger partial charge in [0.15, 0.2) is 0 Å². The minimum absolute atomic E-state index is 0.0625. The van der Waals surface area contributed by atoms with Gasteiger partial charge in [0.1, 0.15) is 6.54 Å². The van der Waals surface area contributed by atoms with Crippen LogP contribution in [0.4, 0.5) is 4.79 Å². The van der Waals surface area contributed by atoms with Crippen molar-refractivity contribution < 1.29 is 19.5 Å². The van der Waals surface area contributed by atoms with E-state index in [4.69, 9.17) is 5.11 Å². The molecule has 1 heterocycles. The molecule has 112 valence electrons. The summed E-state index contributed by atoms with van der Waals surface area (Å²) in [5.74, 6) is -1.22. The number of likely N-dealkylation sites (N-methyl/N-ethyl adjacent to an activating group) is 1. The van der Waals surface area contributed by atoms with Crippen LogP contribution in [0.3, 0.4) is 0 Å². The first-order valence-electron chi connectivity index (χ1n) is 6.99. The topological polar surface area (TPSA) is 89.9 Å². The normalized spacial score (nSPS) is 27.4. The number of rotatable bonds is 2. The van der Waals surface area contributed by atoms with Gasteiger partial charge in [0.05, 0.1) is 5.92 Å². The number of carbonyl (C=O) groups is 3. The van der Waals surface area contributed by atoms with Gasteiger partial charge in [-0.25, -0.2) is 4.79 Å². The summed E-state index contributed by atoms with van der Waals surface area (Å²) in [5.41, 5.74) is 0. The van der Waals surface area contributed by atoms with Crippen LogP contribution in [-0.4, -0.2) is 65.5 Å². The Hall–Kier alpha value is -1.79. The van der Waals surface area contributed by atoms with Crippen molar-refractivity contribution in [3.8, 4) is 0 Å². The van der Waals surface area contributed by atoms with E-state index in [2.05, 4.69) is 5.32 Å². The third-order valence-corrected chi connectivity index (χ3v) is 4.07. The monoisotopic (exact) mass is 283 g/mol. The first-order valence-corrected chi connectivity index (χ1v) is 6.99. The number of aliphatic carboxylic acids is 1. The molecule has 2 N–H and O–H groups in total. The Morgan fingerprint density at radius 2 is 2.05 bits per heavy atom. The lowest BCUT2D eigenvalue weighted by molar-refractivity contribution is -0.141. The van der Waals surface area contributed by atoms with Gasteiger partial charge in [0, 0.05) is 26.2 Å². The van der Waals surface area contributed by atoms with Crippen LogP contribution in [0.15, 0.2) is 0 Å². The van der Waals surface area contributed by atoms with Crippen molar-refractivity contribution in [1.82, 2.24) is 15.1 Å². The fraction of sp³-hybridized carbons (Fsp3) is 0.769. The second-order valence-corrected chi connectivity index (χ2v) is 5.59. The van der Waals surface area contributed by atoms with Crippen LogP contribution >= 0.6 is 0 Å². The number of nitrogens with zero attached hydrogens (tertiary/aromatic N) is 2. The van der Waals surface area contributed by atoms with E-state index >= 15 is 0 Å². The average Bonchev–Trinajstić information content (AvgIpc) is 2.78. The summed E-state index contributed by atoms with van der Waals surface area (Å²) < 4.78 is 0. The third kappa shape index (κ3) is 3.40. The largest absolute Gasteiger partial charge is 0.481 e. The lowest BCUT2D eigenvalue weighted by atomic mass is 10.1. The molecule has 1 saturated heterocycles. The molecule has 3 amide bonds. The summed E-state index contributed by atoms with van der Waals surface area (Å²) in [6.45, 7) is 1.31. The highest BCUT2D eigenvalue weighted by molar-refractivity contribution is 5.84. The Morgan fingerprint density at radius 1 is 1.30 bits per heavy atom. The molecular weight excluding hydrogens is 262 g/mol. The standard InChI is InChI=1S/C13H21N3O4/c1-15-5-2-6-16(8-11(15)17)13(20)14-10-4-3-9(7-10)12(18)19/h9-10H,2-8H2,1H3,(H,14,20)(H,18,19). The van der Waals surface area contributed by atoms with E-state index in [0.29, 0.717) is 32.4 Å². The quantitative estimate of drug-likeness (QED) is 0.753. The van der Waals surface area contributed by atoms with Gasteiger partial charge in [-0.15, -0.1) is 0 Å². The number of carboxylic acids is 1. The van der Waals surface area contributed by atoms with Gasteiger partial charge in [-0.2, -0.15) is 0 Å². The second-order valence-electron chi connectivity index (χ2n) is 5.59. The van der Waals surface area contributed by atoms with Gasteiger partial charge >= 0.3 is 12.0 Å². The van der Waals surface area contributed by atoms with Crippen molar-refractivity contribution >= 4 is 17.9 Å². The van der Waals surface area contributed by atoms with Gasteiger partial charge in [-0.3, -0.25) is 9.59 Å². The highest BCUT2D eigenvalue weighted by Crippen LogP contribution is 2.25. The van der Waals surface area contributed by atoms with E-state index in [0.717, 1.165) is 6.42 Å². The van der Waals surface area contributed by atoms with Crippen molar-refractivity contribution in [2.24, 2.45) is 5.92 Å². The molecular formula is C13H21N3O4. The number of hydrogen-bond acceptors (Lipinski definition) is 3. The molecule has 0 bridgehead atoms. The Labute approximate surface area is 117 Å². The smallest absolute Gasteiger partial charge is 0.318 e. The Morgan fingerprint density at radius 3 is 2.70 bits per heavy atom. The summed E-state index contributed by atoms with van der Waals surface area (Å²) in [5, 5.41) is 11.8. The molecule has 2 atom stereocenters. The van der Waals surface area contributed by atoms with E-state index in [1.807, 2.05) is 0 Å². The molecule has 2 unspecified atom stereocenters. The molecule has 0 radical (unpaired) electrons. The van der Waals surface area contributed by atoms with E-state index in [-0.39, 0.29) is 30.4 Å². The predicted molar refractivity (Wildman–Crippen MR) is 71.1 cm³/mol. The van der Waals surface area contributed by atoms with Crippen LogP contribution in [0.25, 0.3) is 0 Å². The first-order chi connectivity index (χ1) is 9.47. The maximum atomic E-state index is 12.1. The van der Waals surface area contributed by atoms with Crippen molar-refractivity contribution in [1.29, 1.82) is 0 Å². The number of urea groups is 1. The zero-order valence-electron chi connectivity index (χ0n) is 11.7. The SMILES string of the molecule is CN1CCCN(C(=O)NC2CCC(C(=O)O)C2)CC1=O. The van der Waals surface area contributed by atoms with Crippen LogP contribution in [0, 0.1) is 5.92 Å². The number of amides is 3. The average molecular weight is 283 g/mol. The zero-order valence-corrected chi connectivity index (χ0v) is 11.7. The lowest BCUT2D eigenvalue weighted by Crippen LogP contribution is -2.46. The zero-order chi connectivity index (χ0) is 14.7. The molecule has 20 heavy (non-hydrogen) atoms. The molecule has 1 saturated carbocycles. The van der Waals surface area contributed by atoms with Crippen LogP contribution in [0.5, 0.6) is 0 Å². The fourth-order valence-electron chi connectivity index (χ4n) is 2.76. The fourth-order valence-corrected chi connectivity index (χ4v) is 2.76. The Bertz CT molecular complexity index is 412. The molecule has 0 aromatic rings. The van der Waals surface area contributed by atoms with Crippen LogP contribution < -0.4 is 5.32 Å². The number of hydrogen-bond donors (Lipinski definition) is 2. The van der Waals surface area contributed by atoms with Crippen molar-refractivity contribution in [3.63, 3.8) is 0 Å². The summed E-state index contributed by atoms with van der Waals surface area (Å²) >= 11 is 0. The van der Waals surface area contributed by atoms with Crippen LogP contribution in [-0.2, 0) is 9.59 Å². The lowest BCUT2D eigenvalue weighted by Gasteiger charge is -2.22. The molecule has 1 aliphatic carbocycles. The summed E-state index contributed by atoms with van der Waals surface area (Å²) in [6.07, 6.45) is 2.52. The summed E-state index contributed by atoms with van der Waals surface area (Å²) in [4.78, 5) is 37.9. The number of nitrogens with one attached hydrogen (secondary N) is 1. The summed E-state index contributed by atoms with van der Waals surface area (Å²) in [7, 11) is 1.73. The van der Waals surface area contributed by atoms with Gasteiger partial charge in [-0.1, -0.05) is 0 Å². The summed E-state index contributed by atoms with van der Waals surface area (Å²) in [6, 6.07) is -0.357. The molecule has 7 nitrogen and oxygen atoms in total. The van der Waals surface area contributed by atoms with Crippen LogP contribution in [0.2, 0.25) is 0 Å². The van der Waals surface area contributed by atoms with Gasteiger partial charge < -0.3 is 20.2 Å². The van der Waals surface area contributed by atoms with Gasteiger partial charge in [-0.05, 0) is 25.7 Å². The van der Waals surface area contributed by atoms with Gasteiger partial charge in [0.2, 0.25) is 5.91 Å². The maximum Gasteiger partial charge on any atom is 0.318 e. The molecule has 1 aliphatic heterocycles. The molecule has 0 aromatic heterocycles. The Balaban J connectivity index is 1.86. The minimum Gasteiger partial charge on any atom is -0.481 e. The molecule has 2 rings (SSSR count). The Kier molecular flexibility index (Phi) is 4.46.